The number of aromatic nitrogens is 3. The Morgan fingerprint density at radius 1 is 1.62 bits per heavy atom. The van der Waals surface area contributed by atoms with Gasteiger partial charge in [0.1, 0.15) is 0 Å². The molecule has 0 amide bonds. The number of carbonyl (C=O) groups excluding carboxylic acids is 1. The molecule has 0 aromatic carbocycles. The highest BCUT2D eigenvalue weighted by Crippen LogP contribution is 2.02. The molecule has 66 valence electrons. The third-order valence-electron chi connectivity index (χ3n) is 1.58. The van der Waals surface area contributed by atoms with Gasteiger partial charge in [-0.3, -0.25) is 4.79 Å². The van der Waals surface area contributed by atoms with Gasteiger partial charge in [-0.25, -0.2) is 9.67 Å². The lowest BCUT2D eigenvalue weighted by atomic mass is 10.3. The fourth-order valence-corrected chi connectivity index (χ4v) is 1.54. The molecule has 0 saturated heterocycles. The number of hydrogen-bond acceptors (Lipinski definition) is 4. The van der Waals surface area contributed by atoms with Crippen molar-refractivity contribution in [1.82, 2.24) is 14.8 Å². The average Bonchev–Trinajstić information content (AvgIpc) is 2.74. The summed E-state index contributed by atoms with van der Waals surface area (Å²) >= 11 is 1.49. The monoisotopic (exact) mass is 193 g/mol. The maximum atomic E-state index is 11.4. The lowest BCUT2D eigenvalue weighted by Crippen LogP contribution is -2.13. The van der Waals surface area contributed by atoms with Crippen molar-refractivity contribution in [1.29, 1.82) is 0 Å². The van der Waals surface area contributed by atoms with Gasteiger partial charge < -0.3 is 0 Å². The molecule has 0 fully saturated rings. The topological polar surface area (TPSA) is 47.8 Å². The summed E-state index contributed by atoms with van der Waals surface area (Å²) < 4.78 is 1.32. The molecule has 4 nitrogen and oxygen atoms in total. The van der Waals surface area contributed by atoms with E-state index in [1.54, 1.807) is 24.0 Å². The summed E-state index contributed by atoms with van der Waals surface area (Å²) in [4.78, 5) is 15.5. The summed E-state index contributed by atoms with van der Waals surface area (Å²) in [5.74, 6) is -0.0594. The normalized spacial score (nSPS) is 10.2. The number of rotatable bonds is 2. The Bertz CT molecular complexity index is 379. The molecular formula is C8H7N3OS. The van der Waals surface area contributed by atoms with E-state index < -0.39 is 0 Å². The zero-order valence-electron chi connectivity index (χ0n) is 6.75. The first-order chi connectivity index (χ1) is 6.36. The summed E-state index contributed by atoms with van der Waals surface area (Å²) in [5, 5.41) is 5.70. The highest BCUT2D eigenvalue weighted by Gasteiger charge is 2.06. The third-order valence-corrected chi connectivity index (χ3v) is 2.21. The van der Waals surface area contributed by atoms with Gasteiger partial charge in [0.25, 0.3) is 5.91 Å². The molecule has 5 heteroatoms. The van der Waals surface area contributed by atoms with Crippen LogP contribution in [0.2, 0.25) is 0 Å². The SMILES string of the molecule is O=C(Cc1cscn1)n1cccn1. The zero-order valence-corrected chi connectivity index (χ0v) is 7.57. The van der Waals surface area contributed by atoms with Gasteiger partial charge in [-0.15, -0.1) is 11.3 Å². The van der Waals surface area contributed by atoms with E-state index in [1.165, 1.54) is 16.0 Å². The predicted octanol–water partition coefficient (Wildman–Crippen LogP) is 1.22. The first-order valence-electron chi connectivity index (χ1n) is 3.76. The van der Waals surface area contributed by atoms with Gasteiger partial charge in [0.2, 0.25) is 0 Å². The molecule has 0 atom stereocenters. The van der Waals surface area contributed by atoms with Crippen LogP contribution < -0.4 is 0 Å². The third kappa shape index (κ3) is 1.81. The van der Waals surface area contributed by atoms with Gasteiger partial charge in [-0.05, 0) is 6.07 Å². The minimum atomic E-state index is -0.0594. The summed E-state index contributed by atoms with van der Waals surface area (Å²) in [5.41, 5.74) is 2.51. The summed E-state index contributed by atoms with van der Waals surface area (Å²) in [6, 6.07) is 1.72. The van der Waals surface area contributed by atoms with Crippen molar-refractivity contribution < 1.29 is 4.79 Å². The van der Waals surface area contributed by atoms with Crippen molar-refractivity contribution in [2.75, 3.05) is 0 Å². The van der Waals surface area contributed by atoms with Gasteiger partial charge in [-0.1, -0.05) is 0 Å². The number of thiazole rings is 1. The van der Waals surface area contributed by atoms with Crippen molar-refractivity contribution >= 4 is 17.2 Å². The van der Waals surface area contributed by atoms with Gasteiger partial charge in [0.05, 0.1) is 17.6 Å². The minimum absolute atomic E-state index is 0.0594. The fraction of sp³-hybridized carbons (Fsp3) is 0.125. The number of carbonyl (C=O) groups is 1. The number of nitrogens with zero attached hydrogens (tertiary/aromatic N) is 3. The van der Waals surface area contributed by atoms with Gasteiger partial charge in [0.15, 0.2) is 0 Å². The van der Waals surface area contributed by atoms with E-state index in [2.05, 4.69) is 10.1 Å². The highest BCUT2D eigenvalue weighted by atomic mass is 32.1. The number of hydrogen-bond donors (Lipinski definition) is 0. The van der Waals surface area contributed by atoms with Crippen LogP contribution in [0.25, 0.3) is 0 Å². The van der Waals surface area contributed by atoms with Crippen molar-refractivity contribution in [2.24, 2.45) is 0 Å². The van der Waals surface area contributed by atoms with Crippen LogP contribution >= 0.6 is 11.3 Å². The molecular weight excluding hydrogens is 186 g/mol. The second-order valence-corrected chi connectivity index (χ2v) is 3.22. The lowest BCUT2D eigenvalue weighted by molar-refractivity contribution is 0.0897. The Morgan fingerprint density at radius 3 is 3.15 bits per heavy atom. The summed E-state index contributed by atoms with van der Waals surface area (Å²) in [6.07, 6.45) is 3.53. The van der Waals surface area contributed by atoms with Gasteiger partial charge in [-0.2, -0.15) is 5.10 Å². The molecule has 0 bridgehead atoms. The van der Waals surface area contributed by atoms with Crippen molar-refractivity contribution in [3.8, 4) is 0 Å². The van der Waals surface area contributed by atoms with Gasteiger partial charge >= 0.3 is 0 Å². The molecule has 0 saturated carbocycles. The lowest BCUT2D eigenvalue weighted by Gasteiger charge is -1.96. The molecule has 0 radical (unpaired) electrons. The summed E-state index contributed by atoms with van der Waals surface area (Å²) in [6.45, 7) is 0. The molecule has 0 unspecified atom stereocenters. The Kier molecular flexibility index (Phi) is 2.18. The second kappa shape index (κ2) is 3.49. The van der Waals surface area contributed by atoms with E-state index in [-0.39, 0.29) is 5.91 Å². The van der Waals surface area contributed by atoms with Crippen LogP contribution in [0.1, 0.15) is 10.5 Å². The molecule has 0 spiro atoms. The first kappa shape index (κ1) is 8.12. The van der Waals surface area contributed by atoms with E-state index in [0.717, 1.165) is 5.69 Å². The molecule has 0 aliphatic carbocycles. The average molecular weight is 193 g/mol. The summed E-state index contributed by atoms with van der Waals surface area (Å²) in [7, 11) is 0. The van der Waals surface area contributed by atoms with Crippen LogP contribution in [0.3, 0.4) is 0 Å². The Balaban J connectivity index is 2.08. The molecule has 2 aromatic rings. The van der Waals surface area contributed by atoms with Crippen LogP contribution in [-0.2, 0) is 6.42 Å². The molecule has 0 N–H and O–H groups in total. The standard InChI is InChI=1S/C8H7N3OS/c12-8(11-3-1-2-10-11)4-7-5-13-6-9-7/h1-3,5-6H,4H2. The second-order valence-electron chi connectivity index (χ2n) is 2.50. The van der Waals surface area contributed by atoms with Crippen LogP contribution in [0.4, 0.5) is 0 Å². The van der Waals surface area contributed by atoms with Crippen LogP contribution in [-0.4, -0.2) is 20.7 Å². The molecule has 2 aromatic heterocycles. The smallest absolute Gasteiger partial charge is 0.252 e. The van der Waals surface area contributed by atoms with Crippen LogP contribution in [0, 0.1) is 0 Å². The van der Waals surface area contributed by atoms with Crippen LogP contribution in [0.5, 0.6) is 0 Å². The quantitative estimate of drug-likeness (QED) is 0.720. The first-order valence-corrected chi connectivity index (χ1v) is 4.70. The fourth-order valence-electron chi connectivity index (χ4n) is 0.977. The van der Waals surface area contributed by atoms with E-state index in [0.29, 0.717) is 6.42 Å². The highest BCUT2D eigenvalue weighted by molar-refractivity contribution is 7.07. The van der Waals surface area contributed by atoms with E-state index in [9.17, 15) is 4.79 Å². The predicted molar refractivity (Wildman–Crippen MR) is 48.7 cm³/mol. The van der Waals surface area contributed by atoms with Gasteiger partial charge in [0, 0.05) is 17.8 Å². The van der Waals surface area contributed by atoms with Crippen molar-refractivity contribution in [3.63, 3.8) is 0 Å². The Morgan fingerprint density at radius 2 is 2.54 bits per heavy atom. The van der Waals surface area contributed by atoms with Crippen molar-refractivity contribution in [2.45, 2.75) is 6.42 Å². The van der Waals surface area contributed by atoms with Crippen LogP contribution in [0.15, 0.2) is 29.4 Å². The van der Waals surface area contributed by atoms with E-state index in [4.69, 9.17) is 0 Å². The van der Waals surface area contributed by atoms with E-state index in [1.807, 2.05) is 5.38 Å². The van der Waals surface area contributed by atoms with Crippen molar-refractivity contribution in [3.05, 3.63) is 35.0 Å². The zero-order chi connectivity index (χ0) is 9.10. The Labute approximate surface area is 78.8 Å². The molecule has 13 heavy (non-hydrogen) atoms. The Hall–Kier alpha value is -1.49. The maximum absolute atomic E-state index is 11.4. The molecule has 0 aliphatic rings. The molecule has 2 heterocycles. The largest absolute Gasteiger partial charge is 0.272 e. The molecule has 2 rings (SSSR count). The van der Waals surface area contributed by atoms with E-state index >= 15 is 0 Å². The minimum Gasteiger partial charge on any atom is -0.272 e. The molecule has 0 aliphatic heterocycles. The maximum Gasteiger partial charge on any atom is 0.252 e.